The molecule has 0 spiro atoms. The number of hydrogen-bond donors (Lipinski definition) is 1. The number of nitrogens with one attached hydrogen (secondary N) is 1. The van der Waals surface area contributed by atoms with E-state index in [9.17, 15) is 19.7 Å². The minimum absolute atomic E-state index is 0.0238. The zero-order chi connectivity index (χ0) is 39.6. The lowest BCUT2D eigenvalue weighted by Crippen LogP contribution is -2.36. The zero-order valence-electron chi connectivity index (χ0n) is 31.2. The number of benzene rings is 2. The molecule has 6 rings (SSSR count). The van der Waals surface area contributed by atoms with Crippen LogP contribution in [0.5, 0.6) is 0 Å². The number of tetrazole rings is 1. The Kier molecular flexibility index (Phi) is 13.8. The van der Waals surface area contributed by atoms with E-state index in [-0.39, 0.29) is 36.7 Å². The summed E-state index contributed by atoms with van der Waals surface area (Å²) in [7, 11) is 0. The summed E-state index contributed by atoms with van der Waals surface area (Å²) in [6.07, 6.45) is -0.859. The van der Waals surface area contributed by atoms with Crippen LogP contribution < -0.4 is 0 Å². The normalized spacial score (nSPS) is 19.9. The van der Waals surface area contributed by atoms with Crippen molar-refractivity contribution >= 4 is 23.7 Å². The van der Waals surface area contributed by atoms with Crippen molar-refractivity contribution in [1.29, 1.82) is 0 Å². The third-order valence-corrected chi connectivity index (χ3v) is 9.68. The first-order valence-electron chi connectivity index (χ1n) is 18.5. The molecule has 56 heavy (non-hydrogen) atoms. The number of aryl methyl sites for hydroxylation is 1. The number of rotatable bonds is 19. The largest absolute Gasteiger partial charge is 0.511 e. The summed E-state index contributed by atoms with van der Waals surface area (Å²) in [5, 5.41) is 24.1. The van der Waals surface area contributed by atoms with E-state index in [1.807, 2.05) is 48.5 Å². The minimum Gasteiger partial charge on any atom is -0.426 e. The Morgan fingerprint density at radius 1 is 1.02 bits per heavy atom. The van der Waals surface area contributed by atoms with Gasteiger partial charge >= 0.3 is 12.1 Å². The third-order valence-electron chi connectivity index (χ3n) is 9.42. The summed E-state index contributed by atoms with van der Waals surface area (Å²) in [5.74, 6) is 0.284. The first kappa shape index (κ1) is 40.5. The molecule has 3 unspecified atom stereocenters. The Morgan fingerprint density at radius 2 is 1.75 bits per heavy atom. The van der Waals surface area contributed by atoms with E-state index in [1.165, 1.54) is 6.92 Å². The van der Waals surface area contributed by atoms with Crippen molar-refractivity contribution in [3.05, 3.63) is 80.9 Å². The van der Waals surface area contributed by atoms with Gasteiger partial charge in [0.25, 0.3) is 5.09 Å². The molecule has 1 N–H and O–H groups in total. The monoisotopic (exact) mass is 797 g/mol. The molecule has 2 aliphatic rings. The van der Waals surface area contributed by atoms with Crippen LogP contribution in [-0.4, -0.2) is 104 Å². The van der Waals surface area contributed by atoms with Gasteiger partial charge in [-0.3, -0.25) is 0 Å². The third kappa shape index (κ3) is 10.2. The van der Waals surface area contributed by atoms with Gasteiger partial charge in [-0.2, -0.15) is 5.21 Å². The molecule has 2 saturated heterocycles. The number of fused-ring (bicyclic) bond motifs is 1. The molecular weight excluding hydrogens is 754 g/mol. The molecule has 6 atom stereocenters. The Labute approximate surface area is 327 Å². The molecule has 2 aromatic heterocycles. The van der Waals surface area contributed by atoms with Crippen molar-refractivity contribution in [2.45, 2.75) is 103 Å². The number of unbranched alkanes of at least 4 members (excludes halogenated alkanes) is 2. The van der Waals surface area contributed by atoms with Crippen molar-refractivity contribution in [2.24, 2.45) is 0 Å². The van der Waals surface area contributed by atoms with Gasteiger partial charge in [-0.05, 0) is 54.5 Å². The fourth-order valence-corrected chi connectivity index (χ4v) is 6.97. The second-order valence-corrected chi connectivity index (χ2v) is 13.8. The highest BCUT2D eigenvalue weighted by Crippen LogP contribution is 2.32. The fraction of sp³-hybridized carbons (Fsp3) is 0.514. The van der Waals surface area contributed by atoms with Gasteiger partial charge in [0.2, 0.25) is 12.1 Å². The van der Waals surface area contributed by atoms with Crippen LogP contribution in [0, 0.1) is 10.1 Å². The van der Waals surface area contributed by atoms with Gasteiger partial charge < -0.3 is 37.8 Å². The highest BCUT2D eigenvalue weighted by atomic mass is 35.5. The van der Waals surface area contributed by atoms with E-state index >= 15 is 0 Å². The number of hydrogen-bond acceptors (Lipinski definition) is 15. The molecule has 2 fully saturated rings. The molecule has 18 nitrogen and oxygen atoms in total. The van der Waals surface area contributed by atoms with E-state index in [1.54, 1.807) is 11.5 Å². The van der Waals surface area contributed by atoms with E-state index in [0.29, 0.717) is 43.9 Å². The highest BCUT2D eigenvalue weighted by Gasteiger charge is 2.50. The van der Waals surface area contributed by atoms with Gasteiger partial charge in [0.1, 0.15) is 30.2 Å². The maximum atomic E-state index is 13.6. The second kappa shape index (κ2) is 19.1. The van der Waals surface area contributed by atoms with Crippen LogP contribution in [0.2, 0.25) is 5.15 Å². The van der Waals surface area contributed by atoms with Gasteiger partial charge in [0, 0.05) is 32.1 Å². The number of nitrogens with zero attached hydrogens (tertiary/aromatic N) is 6. The molecule has 0 aliphatic carbocycles. The Bertz CT molecular complexity index is 1930. The molecule has 300 valence electrons. The lowest BCUT2D eigenvalue weighted by Gasteiger charge is -2.19. The van der Waals surface area contributed by atoms with Crippen molar-refractivity contribution in [3.8, 4) is 22.5 Å². The highest BCUT2D eigenvalue weighted by molar-refractivity contribution is 6.32. The smallest absolute Gasteiger partial charge is 0.426 e. The van der Waals surface area contributed by atoms with Gasteiger partial charge in [-0.25, -0.2) is 14.6 Å². The fourth-order valence-electron chi connectivity index (χ4n) is 6.69. The average molecular weight is 798 g/mol. The van der Waals surface area contributed by atoms with E-state index in [2.05, 4.69) is 37.4 Å². The molecule has 4 aromatic rings. The van der Waals surface area contributed by atoms with Crippen LogP contribution in [0.25, 0.3) is 22.5 Å². The Balaban J connectivity index is 1.02. The van der Waals surface area contributed by atoms with Crippen molar-refractivity contribution < 1.29 is 47.9 Å². The van der Waals surface area contributed by atoms with Crippen molar-refractivity contribution in [3.63, 3.8) is 0 Å². The minimum atomic E-state index is -1.33. The van der Waals surface area contributed by atoms with Crippen molar-refractivity contribution in [1.82, 2.24) is 30.2 Å². The number of H-pyrrole nitrogens is 1. The van der Waals surface area contributed by atoms with E-state index < -0.39 is 47.9 Å². The predicted octanol–water partition coefficient (Wildman–Crippen LogP) is 5.75. The molecule has 2 aliphatic heterocycles. The predicted molar refractivity (Wildman–Crippen MR) is 197 cm³/mol. The number of aromatic amines is 1. The number of esters is 1. The quantitative estimate of drug-likeness (QED) is 0.0393. The van der Waals surface area contributed by atoms with E-state index in [0.717, 1.165) is 35.1 Å². The number of ether oxygens (including phenoxy) is 6. The number of halogens is 1. The Hall–Kier alpha value is -5.17. The maximum Gasteiger partial charge on any atom is 0.511 e. The van der Waals surface area contributed by atoms with Gasteiger partial charge in [0.05, 0.1) is 13.2 Å². The summed E-state index contributed by atoms with van der Waals surface area (Å²) in [4.78, 5) is 45.8. The summed E-state index contributed by atoms with van der Waals surface area (Å²) in [6.45, 7) is 6.08. The van der Waals surface area contributed by atoms with Gasteiger partial charge in [-0.1, -0.05) is 73.5 Å². The molecular formula is C37H44ClN7O11. The molecule has 19 heteroatoms. The van der Waals surface area contributed by atoms with Crippen LogP contribution in [0.4, 0.5) is 4.79 Å². The van der Waals surface area contributed by atoms with Gasteiger partial charge in [-0.15, -0.1) is 20.3 Å². The second-order valence-electron chi connectivity index (χ2n) is 13.5. The number of imidazole rings is 1. The van der Waals surface area contributed by atoms with Crippen LogP contribution >= 0.6 is 11.6 Å². The number of carbonyl (C=O) groups excluding carboxylic acids is 2. The standard InChI is InChI=1S/C37H44ClN7O11/c1-4-5-13-30-39-34(38)31(44(30)19-24-14-16-25(17-15-24)26-11-6-7-12-27(26)35-40-42-43-41-35)36(46)53-23(3)54-37(47)55-29-21-52-32-28(20-51-33(29)32)50-18-9-8-10-22(2)56-45(48)49/h6-7,11-12,14-17,22-23,28-29,32-33H,4-5,8-10,13,18-21H2,1-3H3,(H,40,41,42,43)/t22-,23?,28-,29-,32?,33?/m0/s1. The molecule has 2 aromatic carbocycles. The number of aromatic nitrogens is 6. The molecule has 4 heterocycles. The van der Waals surface area contributed by atoms with Gasteiger partial charge in [0.15, 0.2) is 17.0 Å². The SMILES string of the molecule is CCCCc1nc(Cl)c(C(=O)OC(C)OC(=O)O[C@H]2COC3C2OC[C@@H]3OCCCC[C@H](C)O[N+](=O)[O-])n1Cc1ccc(-c2ccccc2-c2nn[nH]n2)cc1. The Morgan fingerprint density at radius 3 is 2.46 bits per heavy atom. The maximum absolute atomic E-state index is 13.6. The summed E-state index contributed by atoms with van der Waals surface area (Å²) in [5.41, 5.74) is 3.61. The van der Waals surface area contributed by atoms with Crippen LogP contribution in [0.1, 0.15) is 74.8 Å². The lowest BCUT2D eigenvalue weighted by molar-refractivity contribution is -0.767. The molecule has 0 amide bonds. The zero-order valence-corrected chi connectivity index (χ0v) is 32.0. The molecule has 0 bridgehead atoms. The first-order valence-corrected chi connectivity index (χ1v) is 18.9. The van der Waals surface area contributed by atoms with Crippen molar-refractivity contribution in [2.75, 3.05) is 19.8 Å². The van der Waals surface area contributed by atoms with Crippen LogP contribution in [0.15, 0.2) is 48.5 Å². The summed E-state index contributed by atoms with van der Waals surface area (Å²) < 4.78 is 35.6. The number of carbonyl (C=O) groups is 2. The van der Waals surface area contributed by atoms with Crippen LogP contribution in [-0.2, 0) is 46.2 Å². The summed E-state index contributed by atoms with van der Waals surface area (Å²) in [6, 6.07) is 15.6. The lowest BCUT2D eigenvalue weighted by atomic mass is 9.98. The first-order chi connectivity index (χ1) is 27.1. The van der Waals surface area contributed by atoms with E-state index in [4.69, 9.17) is 40.0 Å². The van der Waals surface area contributed by atoms with Crippen LogP contribution in [0.3, 0.4) is 0 Å². The topological polar surface area (TPSA) is 214 Å². The average Bonchev–Trinajstić information content (AvgIpc) is 3.98. The summed E-state index contributed by atoms with van der Waals surface area (Å²) >= 11 is 6.55. The molecule has 0 radical (unpaired) electrons. The molecule has 0 saturated carbocycles.